The predicted octanol–water partition coefficient (Wildman–Crippen LogP) is 2.92. The van der Waals surface area contributed by atoms with E-state index in [1.165, 1.54) is 22.3 Å². The fourth-order valence-corrected chi connectivity index (χ4v) is 4.74. The van der Waals surface area contributed by atoms with E-state index in [0.717, 1.165) is 50.6 Å². The highest BCUT2D eigenvalue weighted by atomic mass is 32.2. The van der Waals surface area contributed by atoms with Gasteiger partial charge in [-0.1, -0.05) is 19.4 Å². The number of carbonyl (C=O) groups excluding carboxylic acids is 1. The van der Waals surface area contributed by atoms with Gasteiger partial charge in [0.25, 0.3) is 0 Å². The van der Waals surface area contributed by atoms with Crippen LogP contribution in [0.3, 0.4) is 0 Å². The molecule has 126 valence electrons. The van der Waals surface area contributed by atoms with E-state index in [4.69, 9.17) is 0 Å². The molecule has 0 aromatic heterocycles. The molecule has 0 radical (unpaired) electrons. The van der Waals surface area contributed by atoms with Crippen LogP contribution in [-0.2, 0) is 35.7 Å². The zero-order valence-electron chi connectivity index (χ0n) is 13.6. The van der Waals surface area contributed by atoms with Gasteiger partial charge in [0.15, 0.2) is 0 Å². The Morgan fingerprint density at radius 1 is 1.09 bits per heavy atom. The van der Waals surface area contributed by atoms with Crippen molar-refractivity contribution in [3.8, 4) is 0 Å². The summed E-state index contributed by atoms with van der Waals surface area (Å²) >= 11 is 0. The number of rotatable bonds is 5. The molecule has 6 heteroatoms. The van der Waals surface area contributed by atoms with Crippen LogP contribution in [0.1, 0.15) is 54.9 Å². The Kier molecular flexibility index (Phi) is 4.62. The molecule has 23 heavy (non-hydrogen) atoms. The minimum Gasteiger partial charge on any atom is -0.307 e. The Balaban J connectivity index is 1.80. The Morgan fingerprint density at radius 3 is 2.26 bits per heavy atom. The van der Waals surface area contributed by atoms with Gasteiger partial charge in [-0.25, -0.2) is 17.9 Å². The lowest BCUT2D eigenvalue weighted by Gasteiger charge is -2.16. The molecule has 0 saturated heterocycles. The lowest BCUT2D eigenvalue weighted by molar-refractivity contribution is 0.256. The number of amides is 2. The van der Waals surface area contributed by atoms with Crippen molar-refractivity contribution < 1.29 is 13.2 Å². The predicted molar refractivity (Wildman–Crippen MR) is 91.3 cm³/mol. The monoisotopic (exact) mass is 336 g/mol. The number of carbonyl (C=O) groups is 1. The fourth-order valence-electron chi connectivity index (χ4n) is 3.63. The number of unbranched alkanes of at least 4 members (excludes halogenated alkanes) is 1. The van der Waals surface area contributed by atoms with E-state index < -0.39 is 16.1 Å². The lowest BCUT2D eigenvalue weighted by atomic mass is 9.99. The molecule has 0 heterocycles. The van der Waals surface area contributed by atoms with Crippen molar-refractivity contribution >= 4 is 21.7 Å². The molecule has 3 rings (SSSR count). The zero-order chi connectivity index (χ0) is 16.4. The van der Waals surface area contributed by atoms with Gasteiger partial charge in [-0.15, -0.1) is 0 Å². The second-order valence-electron chi connectivity index (χ2n) is 6.46. The van der Waals surface area contributed by atoms with Gasteiger partial charge >= 0.3 is 6.03 Å². The number of urea groups is 1. The van der Waals surface area contributed by atoms with Crippen LogP contribution in [0.4, 0.5) is 10.5 Å². The number of sulfonamides is 1. The fraction of sp³-hybridized carbons (Fsp3) is 0.588. The third kappa shape index (κ3) is 3.52. The molecular formula is C17H24N2O3S. The average Bonchev–Trinajstić information content (AvgIpc) is 3.12. The maximum atomic E-state index is 12.2. The quantitative estimate of drug-likeness (QED) is 0.868. The summed E-state index contributed by atoms with van der Waals surface area (Å²) in [5, 5.41) is 2.85. The van der Waals surface area contributed by atoms with Crippen molar-refractivity contribution in [1.82, 2.24) is 4.72 Å². The van der Waals surface area contributed by atoms with Crippen LogP contribution in [-0.4, -0.2) is 20.2 Å². The SMILES string of the molecule is CCCCS(=O)(=O)NC(=O)Nc1c2c(cc3c1CCC3)CCC2. The van der Waals surface area contributed by atoms with E-state index in [1.807, 2.05) is 6.92 Å². The van der Waals surface area contributed by atoms with E-state index in [9.17, 15) is 13.2 Å². The van der Waals surface area contributed by atoms with Gasteiger partial charge in [-0.3, -0.25) is 0 Å². The number of aryl methyl sites for hydroxylation is 2. The first-order chi connectivity index (χ1) is 11.0. The van der Waals surface area contributed by atoms with Crippen LogP contribution in [0.25, 0.3) is 0 Å². The van der Waals surface area contributed by atoms with Gasteiger partial charge in [-0.2, -0.15) is 0 Å². The maximum absolute atomic E-state index is 12.2. The number of hydrogen-bond acceptors (Lipinski definition) is 3. The van der Waals surface area contributed by atoms with Crippen LogP contribution in [0.5, 0.6) is 0 Å². The minimum absolute atomic E-state index is 0.0120. The van der Waals surface area contributed by atoms with Crippen molar-refractivity contribution in [3.05, 3.63) is 28.3 Å². The molecule has 2 aliphatic carbocycles. The summed E-state index contributed by atoms with van der Waals surface area (Å²) in [6.45, 7) is 1.92. The topological polar surface area (TPSA) is 75.3 Å². The zero-order valence-corrected chi connectivity index (χ0v) is 14.4. The molecule has 0 fully saturated rings. The van der Waals surface area contributed by atoms with Gasteiger partial charge in [0.1, 0.15) is 0 Å². The third-order valence-electron chi connectivity index (χ3n) is 4.73. The average molecular weight is 336 g/mol. The molecule has 2 amide bonds. The van der Waals surface area contributed by atoms with Gasteiger partial charge < -0.3 is 5.32 Å². The first kappa shape index (κ1) is 16.3. The number of hydrogen-bond donors (Lipinski definition) is 2. The third-order valence-corrected chi connectivity index (χ3v) is 6.05. The summed E-state index contributed by atoms with van der Waals surface area (Å²) in [6, 6.07) is 1.65. The largest absolute Gasteiger partial charge is 0.332 e. The van der Waals surface area contributed by atoms with Gasteiger partial charge in [0.2, 0.25) is 10.0 Å². The number of benzene rings is 1. The normalized spacial score (nSPS) is 16.0. The van der Waals surface area contributed by atoms with Crippen LogP contribution >= 0.6 is 0 Å². The maximum Gasteiger partial charge on any atom is 0.332 e. The van der Waals surface area contributed by atoms with E-state index in [1.54, 1.807) is 0 Å². The number of fused-ring (bicyclic) bond motifs is 2. The van der Waals surface area contributed by atoms with E-state index in [2.05, 4.69) is 16.1 Å². The molecule has 5 nitrogen and oxygen atoms in total. The molecule has 0 bridgehead atoms. The van der Waals surface area contributed by atoms with Crippen LogP contribution in [0, 0.1) is 0 Å². The van der Waals surface area contributed by atoms with Crippen molar-refractivity contribution in [1.29, 1.82) is 0 Å². The first-order valence-corrected chi connectivity index (χ1v) is 10.1. The number of nitrogens with one attached hydrogen (secondary N) is 2. The summed E-state index contributed by atoms with van der Waals surface area (Å²) in [4.78, 5) is 12.2. The highest BCUT2D eigenvalue weighted by Crippen LogP contribution is 2.38. The smallest absolute Gasteiger partial charge is 0.307 e. The molecular weight excluding hydrogens is 312 g/mol. The van der Waals surface area contributed by atoms with Crippen molar-refractivity contribution in [2.75, 3.05) is 11.1 Å². The molecule has 0 unspecified atom stereocenters. The summed E-state index contributed by atoms with van der Waals surface area (Å²) < 4.78 is 25.9. The van der Waals surface area contributed by atoms with Crippen molar-refractivity contribution in [3.63, 3.8) is 0 Å². The standard InChI is InChI=1S/C17H24N2O3S/c1-2-3-10-23(21,22)19-17(20)18-16-14-8-4-6-12(14)11-13-7-5-9-15(13)16/h11H,2-10H2,1H3,(H2,18,19,20). The van der Waals surface area contributed by atoms with Crippen LogP contribution in [0.2, 0.25) is 0 Å². The molecule has 0 atom stereocenters. The Bertz CT molecular complexity index is 694. The highest BCUT2D eigenvalue weighted by Gasteiger charge is 2.25. The lowest BCUT2D eigenvalue weighted by Crippen LogP contribution is -2.36. The molecule has 1 aromatic rings. The van der Waals surface area contributed by atoms with Crippen LogP contribution in [0.15, 0.2) is 6.07 Å². The molecule has 2 aliphatic rings. The summed E-state index contributed by atoms with van der Waals surface area (Å²) in [5.74, 6) is -0.0120. The van der Waals surface area contributed by atoms with E-state index >= 15 is 0 Å². The van der Waals surface area contributed by atoms with Crippen molar-refractivity contribution in [2.45, 2.75) is 58.3 Å². The van der Waals surface area contributed by atoms with Gasteiger partial charge in [0.05, 0.1) is 5.75 Å². The molecule has 2 N–H and O–H groups in total. The minimum atomic E-state index is -3.55. The van der Waals surface area contributed by atoms with Crippen LogP contribution < -0.4 is 10.0 Å². The second kappa shape index (κ2) is 6.51. The molecule has 0 spiro atoms. The number of anilines is 1. The Labute approximate surface area is 137 Å². The molecule has 1 aromatic carbocycles. The van der Waals surface area contributed by atoms with Gasteiger partial charge in [0, 0.05) is 5.69 Å². The van der Waals surface area contributed by atoms with E-state index in [-0.39, 0.29) is 5.75 Å². The highest BCUT2D eigenvalue weighted by molar-refractivity contribution is 7.90. The first-order valence-electron chi connectivity index (χ1n) is 8.48. The molecule has 0 aliphatic heterocycles. The molecule has 0 saturated carbocycles. The summed E-state index contributed by atoms with van der Waals surface area (Å²) in [6.07, 6.45) is 7.55. The summed E-state index contributed by atoms with van der Waals surface area (Å²) in [5.41, 5.74) is 5.90. The Morgan fingerprint density at radius 2 is 1.70 bits per heavy atom. The second-order valence-corrected chi connectivity index (χ2v) is 8.30. The van der Waals surface area contributed by atoms with Gasteiger partial charge in [-0.05, 0) is 67.2 Å². The van der Waals surface area contributed by atoms with E-state index in [0.29, 0.717) is 6.42 Å². The Hall–Kier alpha value is -1.56. The van der Waals surface area contributed by atoms with Crippen molar-refractivity contribution in [2.24, 2.45) is 0 Å². The summed E-state index contributed by atoms with van der Waals surface area (Å²) in [7, 11) is -3.55.